The first kappa shape index (κ1) is 12.9. The van der Waals surface area contributed by atoms with E-state index in [1.54, 1.807) is 6.92 Å². The average Bonchev–Trinajstić information content (AvgIpc) is 2.17. The topological polar surface area (TPSA) is 72.0 Å². The second-order valence-electron chi connectivity index (χ2n) is 3.12. The Labute approximate surface area is 99.3 Å². The molecule has 1 rings (SSSR count). The SMILES string of the molecule is C#CCC(C)NS(=O)(=O)c1cnc(Cl)nc1. The Hall–Kier alpha value is -1.16. The molecule has 0 fully saturated rings. The van der Waals surface area contributed by atoms with Gasteiger partial charge in [0, 0.05) is 12.5 Å². The number of halogens is 1. The number of nitrogens with one attached hydrogen (secondary N) is 1. The molecular weight excluding hydrogens is 250 g/mol. The van der Waals surface area contributed by atoms with Crippen LogP contribution in [0.1, 0.15) is 13.3 Å². The Kier molecular flexibility index (Phi) is 4.24. The second kappa shape index (κ2) is 5.25. The van der Waals surface area contributed by atoms with E-state index in [-0.39, 0.29) is 16.2 Å². The van der Waals surface area contributed by atoms with E-state index in [0.717, 1.165) is 12.4 Å². The van der Waals surface area contributed by atoms with Gasteiger partial charge in [-0.05, 0) is 18.5 Å². The van der Waals surface area contributed by atoms with Crippen LogP contribution in [0.3, 0.4) is 0 Å². The highest BCUT2D eigenvalue weighted by molar-refractivity contribution is 7.89. The zero-order chi connectivity index (χ0) is 12.2. The van der Waals surface area contributed by atoms with Crippen molar-refractivity contribution in [2.45, 2.75) is 24.3 Å². The number of nitrogens with zero attached hydrogens (tertiary/aromatic N) is 2. The third kappa shape index (κ3) is 3.45. The van der Waals surface area contributed by atoms with Gasteiger partial charge in [0.2, 0.25) is 15.3 Å². The number of terminal acetylenes is 1. The van der Waals surface area contributed by atoms with Crippen LogP contribution < -0.4 is 4.72 Å². The Bertz CT molecular complexity index is 492. The van der Waals surface area contributed by atoms with Gasteiger partial charge >= 0.3 is 0 Å². The van der Waals surface area contributed by atoms with Gasteiger partial charge in [-0.25, -0.2) is 23.1 Å². The number of hydrogen-bond acceptors (Lipinski definition) is 4. The van der Waals surface area contributed by atoms with Gasteiger partial charge in [0.1, 0.15) is 4.90 Å². The van der Waals surface area contributed by atoms with Gasteiger partial charge in [0.25, 0.3) is 0 Å². The summed E-state index contributed by atoms with van der Waals surface area (Å²) in [5, 5.41) is -0.00405. The Morgan fingerprint density at radius 3 is 2.62 bits per heavy atom. The van der Waals surface area contributed by atoms with Gasteiger partial charge in [0.05, 0.1) is 12.4 Å². The van der Waals surface area contributed by atoms with Crippen LogP contribution in [-0.2, 0) is 10.0 Å². The monoisotopic (exact) mass is 259 g/mol. The summed E-state index contributed by atoms with van der Waals surface area (Å²) in [5.41, 5.74) is 0. The molecule has 0 saturated carbocycles. The zero-order valence-corrected chi connectivity index (χ0v) is 10.1. The van der Waals surface area contributed by atoms with Crippen molar-refractivity contribution in [2.75, 3.05) is 0 Å². The molecule has 5 nitrogen and oxygen atoms in total. The van der Waals surface area contributed by atoms with Gasteiger partial charge in [-0.15, -0.1) is 12.3 Å². The lowest BCUT2D eigenvalue weighted by Gasteiger charge is -2.10. The molecule has 0 radical (unpaired) electrons. The van der Waals surface area contributed by atoms with Gasteiger partial charge in [-0.2, -0.15) is 0 Å². The first-order valence-electron chi connectivity index (χ1n) is 4.39. The van der Waals surface area contributed by atoms with Crippen LogP contribution >= 0.6 is 11.6 Å². The lowest BCUT2D eigenvalue weighted by molar-refractivity contribution is 0.563. The fourth-order valence-electron chi connectivity index (χ4n) is 0.991. The smallest absolute Gasteiger partial charge is 0.225 e. The minimum atomic E-state index is -3.63. The number of rotatable bonds is 4. The van der Waals surface area contributed by atoms with Crippen LogP contribution in [0.25, 0.3) is 0 Å². The molecule has 1 N–H and O–H groups in total. The van der Waals surface area contributed by atoms with Crippen molar-refractivity contribution in [3.8, 4) is 12.3 Å². The zero-order valence-electron chi connectivity index (χ0n) is 8.51. The maximum Gasteiger partial charge on any atom is 0.243 e. The summed E-state index contributed by atoms with van der Waals surface area (Å²) in [6, 6.07) is -0.342. The minimum absolute atomic E-state index is 0.00405. The van der Waals surface area contributed by atoms with Gasteiger partial charge in [-0.3, -0.25) is 0 Å². The maximum atomic E-state index is 11.7. The van der Waals surface area contributed by atoms with Crippen molar-refractivity contribution >= 4 is 21.6 Å². The fourth-order valence-corrected chi connectivity index (χ4v) is 2.22. The summed E-state index contributed by atoms with van der Waals surface area (Å²) in [5.74, 6) is 2.37. The molecule has 86 valence electrons. The second-order valence-corrected chi connectivity index (χ2v) is 5.17. The maximum absolute atomic E-state index is 11.7. The predicted molar refractivity (Wildman–Crippen MR) is 60.3 cm³/mol. The van der Waals surface area contributed by atoms with E-state index < -0.39 is 10.0 Å². The molecule has 0 aliphatic heterocycles. The molecule has 0 aliphatic carbocycles. The van der Waals surface area contributed by atoms with Gasteiger partial charge < -0.3 is 0 Å². The molecule has 1 unspecified atom stereocenters. The Morgan fingerprint density at radius 1 is 1.56 bits per heavy atom. The van der Waals surface area contributed by atoms with E-state index in [4.69, 9.17) is 18.0 Å². The average molecular weight is 260 g/mol. The Morgan fingerprint density at radius 2 is 2.12 bits per heavy atom. The van der Waals surface area contributed by atoms with Gasteiger partial charge in [0.15, 0.2) is 0 Å². The highest BCUT2D eigenvalue weighted by Crippen LogP contribution is 2.08. The first-order valence-corrected chi connectivity index (χ1v) is 6.25. The summed E-state index contributed by atoms with van der Waals surface area (Å²) in [6.45, 7) is 1.67. The van der Waals surface area contributed by atoms with Crippen LogP contribution in [0.5, 0.6) is 0 Å². The number of aromatic nitrogens is 2. The summed E-state index contributed by atoms with van der Waals surface area (Å²) >= 11 is 5.45. The van der Waals surface area contributed by atoms with E-state index in [2.05, 4.69) is 20.6 Å². The molecule has 1 aromatic heterocycles. The van der Waals surface area contributed by atoms with E-state index in [1.165, 1.54) is 0 Å². The predicted octanol–water partition coefficient (Wildman–Crippen LogP) is 0.820. The van der Waals surface area contributed by atoms with Crippen molar-refractivity contribution in [2.24, 2.45) is 0 Å². The number of sulfonamides is 1. The molecule has 7 heteroatoms. The molecule has 0 spiro atoms. The van der Waals surface area contributed by atoms with Crippen molar-refractivity contribution in [3.05, 3.63) is 17.7 Å². The van der Waals surface area contributed by atoms with Crippen molar-refractivity contribution in [1.29, 1.82) is 0 Å². The molecule has 0 aromatic carbocycles. The standard InChI is InChI=1S/C9H10ClN3O2S/c1-3-4-7(2)13-16(14,15)8-5-11-9(10)12-6-8/h1,5-7,13H,4H2,2H3. The summed E-state index contributed by atoms with van der Waals surface area (Å²) in [7, 11) is -3.63. The lowest BCUT2D eigenvalue weighted by Crippen LogP contribution is -2.32. The van der Waals surface area contributed by atoms with Gasteiger partial charge in [-0.1, -0.05) is 0 Å². The molecule has 1 aromatic rings. The van der Waals surface area contributed by atoms with E-state index in [1.807, 2.05) is 0 Å². The summed E-state index contributed by atoms with van der Waals surface area (Å²) < 4.78 is 25.9. The van der Waals surface area contributed by atoms with E-state index in [0.29, 0.717) is 6.42 Å². The first-order chi connectivity index (χ1) is 7.45. The molecule has 0 amide bonds. The largest absolute Gasteiger partial charge is 0.243 e. The summed E-state index contributed by atoms with van der Waals surface area (Å²) in [4.78, 5) is 7.15. The molecule has 0 bridgehead atoms. The molecule has 1 heterocycles. The highest BCUT2D eigenvalue weighted by atomic mass is 35.5. The molecule has 0 saturated heterocycles. The molecule has 0 aliphatic rings. The summed E-state index contributed by atoms with van der Waals surface area (Å²) in [6.07, 6.45) is 7.67. The normalized spacial score (nSPS) is 13.1. The number of hydrogen-bond donors (Lipinski definition) is 1. The van der Waals surface area contributed by atoms with Crippen LogP contribution in [0.15, 0.2) is 17.3 Å². The van der Waals surface area contributed by atoms with Crippen molar-refractivity contribution in [3.63, 3.8) is 0 Å². The third-order valence-corrected chi connectivity index (χ3v) is 3.43. The van der Waals surface area contributed by atoms with Crippen LogP contribution in [0.4, 0.5) is 0 Å². The van der Waals surface area contributed by atoms with E-state index in [9.17, 15) is 8.42 Å². The van der Waals surface area contributed by atoms with Crippen LogP contribution in [0, 0.1) is 12.3 Å². The minimum Gasteiger partial charge on any atom is -0.225 e. The highest BCUT2D eigenvalue weighted by Gasteiger charge is 2.17. The molecule has 16 heavy (non-hydrogen) atoms. The van der Waals surface area contributed by atoms with Crippen molar-refractivity contribution in [1.82, 2.24) is 14.7 Å². The fraction of sp³-hybridized carbons (Fsp3) is 0.333. The lowest BCUT2D eigenvalue weighted by atomic mass is 10.3. The van der Waals surface area contributed by atoms with E-state index >= 15 is 0 Å². The van der Waals surface area contributed by atoms with Crippen LogP contribution in [-0.4, -0.2) is 24.4 Å². The van der Waals surface area contributed by atoms with Crippen LogP contribution in [0.2, 0.25) is 5.28 Å². The molecular formula is C9H10ClN3O2S. The molecule has 1 atom stereocenters. The van der Waals surface area contributed by atoms with Crippen molar-refractivity contribution < 1.29 is 8.42 Å². The Balaban J connectivity index is 2.87. The third-order valence-electron chi connectivity index (χ3n) is 1.69. The quantitative estimate of drug-likeness (QED) is 0.642.